The first-order valence-corrected chi connectivity index (χ1v) is 11.0. The van der Waals surface area contributed by atoms with Crippen LogP contribution in [0.15, 0.2) is 60.7 Å². The van der Waals surface area contributed by atoms with Crippen LogP contribution in [0.2, 0.25) is 0 Å². The Balaban J connectivity index is 1.53. The van der Waals surface area contributed by atoms with Crippen molar-refractivity contribution in [2.45, 2.75) is 25.3 Å². The second-order valence-corrected chi connectivity index (χ2v) is 8.21. The van der Waals surface area contributed by atoms with Gasteiger partial charge in [-0.2, -0.15) is 0 Å². The van der Waals surface area contributed by atoms with Crippen molar-refractivity contribution in [1.29, 1.82) is 0 Å². The number of benzene rings is 2. The first-order valence-electron chi connectivity index (χ1n) is 11.0. The molecule has 2 aliphatic heterocycles. The summed E-state index contributed by atoms with van der Waals surface area (Å²) in [4.78, 5) is 42.1. The fourth-order valence-electron chi connectivity index (χ4n) is 4.26. The van der Waals surface area contributed by atoms with E-state index in [0.717, 1.165) is 11.1 Å². The van der Waals surface area contributed by atoms with Crippen LogP contribution in [0.4, 0.5) is 4.79 Å². The molecule has 2 aliphatic rings. The largest absolute Gasteiger partial charge is 0.447 e. The molecule has 0 saturated carbocycles. The van der Waals surface area contributed by atoms with Crippen molar-refractivity contribution >= 4 is 17.9 Å². The van der Waals surface area contributed by atoms with Crippen LogP contribution in [0.1, 0.15) is 17.5 Å². The highest BCUT2D eigenvalue weighted by atomic mass is 16.6. The zero-order valence-corrected chi connectivity index (χ0v) is 18.0. The van der Waals surface area contributed by atoms with E-state index in [2.05, 4.69) is 0 Å². The van der Waals surface area contributed by atoms with Gasteiger partial charge in [-0.3, -0.25) is 9.59 Å². The summed E-state index contributed by atoms with van der Waals surface area (Å²) in [6, 6.07) is 18.9. The Morgan fingerprint density at radius 1 is 0.938 bits per heavy atom. The zero-order chi connectivity index (χ0) is 22.3. The van der Waals surface area contributed by atoms with E-state index < -0.39 is 12.0 Å². The minimum Gasteiger partial charge on any atom is -0.447 e. The quantitative estimate of drug-likeness (QED) is 0.667. The second kappa shape index (κ2) is 10.4. The predicted octanol–water partition coefficient (Wildman–Crippen LogP) is 2.68. The molecule has 7 heteroatoms. The summed E-state index contributed by atoms with van der Waals surface area (Å²) < 4.78 is 10.6. The fraction of sp³-hybridized carbons (Fsp3) is 0.400. The summed E-state index contributed by atoms with van der Waals surface area (Å²) in [6.07, 6.45) is 0.328. The molecule has 0 N–H and O–H groups in total. The van der Waals surface area contributed by atoms with Crippen LogP contribution >= 0.6 is 0 Å². The molecule has 0 aliphatic carbocycles. The number of imide groups is 1. The monoisotopic (exact) mass is 436 g/mol. The number of morpholine rings is 1. The smallest absolute Gasteiger partial charge is 0.416 e. The van der Waals surface area contributed by atoms with Crippen LogP contribution in [0, 0.1) is 5.92 Å². The number of amides is 3. The minimum atomic E-state index is -0.642. The first-order chi connectivity index (χ1) is 15.6. The zero-order valence-electron chi connectivity index (χ0n) is 18.0. The lowest BCUT2D eigenvalue weighted by Crippen LogP contribution is -2.47. The molecule has 2 unspecified atom stereocenters. The summed E-state index contributed by atoms with van der Waals surface area (Å²) in [7, 11) is 0. The van der Waals surface area contributed by atoms with E-state index >= 15 is 0 Å². The van der Waals surface area contributed by atoms with Crippen LogP contribution in [-0.2, 0) is 31.9 Å². The molecule has 3 amide bonds. The molecule has 2 aromatic carbocycles. The van der Waals surface area contributed by atoms with Gasteiger partial charge in [0.25, 0.3) is 0 Å². The van der Waals surface area contributed by atoms with Crippen LogP contribution in [0.3, 0.4) is 0 Å². The number of rotatable bonds is 7. The van der Waals surface area contributed by atoms with Crippen molar-refractivity contribution in [3.8, 4) is 0 Å². The number of ether oxygens (including phenoxy) is 2. The number of hydrogen-bond donors (Lipinski definition) is 0. The molecule has 0 radical (unpaired) electrons. The lowest BCUT2D eigenvalue weighted by molar-refractivity contribution is -0.142. The third-order valence-electron chi connectivity index (χ3n) is 5.97. The molecular weight excluding hydrogens is 408 g/mol. The Hall–Kier alpha value is -3.19. The first kappa shape index (κ1) is 22.0. The topological polar surface area (TPSA) is 76.2 Å². The van der Waals surface area contributed by atoms with Gasteiger partial charge in [0.2, 0.25) is 11.8 Å². The second-order valence-electron chi connectivity index (χ2n) is 8.21. The molecule has 2 saturated heterocycles. The number of carbonyl (C=O) groups excluding carboxylic acids is 3. The Kier molecular flexibility index (Phi) is 7.17. The van der Waals surface area contributed by atoms with Crippen molar-refractivity contribution < 1.29 is 23.9 Å². The Labute approximate surface area is 187 Å². The molecule has 2 fully saturated rings. The predicted molar refractivity (Wildman–Crippen MR) is 118 cm³/mol. The van der Waals surface area contributed by atoms with Crippen molar-refractivity contribution in [1.82, 2.24) is 9.80 Å². The normalized spacial score (nSPS) is 19.5. The fourth-order valence-corrected chi connectivity index (χ4v) is 4.26. The van der Waals surface area contributed by atoms with Crippen LogP contribution < -0.4 is 0 Å². The molecule has 7 nitrogen and oxygen atoms in total. The molecule has 0 aromatic heterocycles. The van der Waals surface area contributed by atoms with E-state index in [1.807, 2.05) is 60.7 Å². The van der Waals surface area contributed by atoms with Gasteiger partial charge < -0.3 is 14.4 Å². The third kappa shape index (κ3) is 5.34. The average molecular weight is 437 g/mol. The highest BCUT2D eigenvalue weighted by Gasteiger charge is 2.41. The number of nitrogens with zero attached hydrogens (tertiary/aromatic N) is 2. The Morgan fingerprint density at radius 2 is 1.56 bits per heavy atom. The molecule has 2 aromatic rings. The summed E-state index contributed by atoms with van der Waals surface area (Å²) in [5.41, 5.74) is 1.98. The van der Waals surface area contributed by atoms with Crippen molar-refractivity contribution in [3.05, 3.63) is 71.8 Å². The van der Waals surface area contributed by atoms with Crippen molar-refractivity contribution in [2.75, 3.05) is 32.9 Å². The summed E-state index contributed by atoms with van der Waals surface area (Å²) in [5.74, 6) is -1.08. The van der Waals surface area contributed by atoms with E-state index in [0.29, 0.717) is 39.1 Å². The van der Waals surface area contributed by atoms with Gasteiger partial charge in [0.15, 0.2) is 0 Å². The van der Waals surface area contributed by atoms with Crippen LogP contribution in [-0.4, -0.2) is 66.7 Å². The van der Waals surface area contributed by atoms with Gasteiger partial charge in [-0.15, -0.1) is 0 Å². The maximum atomic E-state index is 13.6. The maximum absolute atomic E-state index is 13.6. The van der Waals surface area contributed by atoms with E-state index in [9.17, 15) is 14.4 Å². The number of cyclic esters (lactones) is 1. The molecule has 0 bridgehead atoms. The molecule has 0 spiro atoms. The van der Waals surface area contributed by atoms with E-state index in [1.54, 1.807) is 4.90 Å². The van der Waals surface area contributed by atoms with Gasteiger partial charge in [-0.1, -0.05) is 60.7 Å². The van der Waals surface area contributed by atoms with E-state index in [4.69, 9.17) is 9.47 Å². The van der Waals surface area contributed by atoms with Crippen LogP contribution in [0.25, 0.3) is 0 Å². The SMILES string of the molecule is O=C(CC(Cc1ccccc1)C(=O)N1C(=O)OCC1Cc1ccccc1)N1CCOCC1. The summed E-state index contributed by atoms with van der Waals surface area (Å²) in [5, 5.41) is 0. The number of hydrogen-bond acceptors (Lipinski definition) is 5. The number of carbonyl (C=O) groups is 3. The van der Waals surface area contributed by atoms with Gasteiger partial charge >= 0.3 is 6.09 Å². The van der Waals surface area contributed by atoms with Gasteiger partial charge in [-0.25, -0.2) is 9.69 Å². The average Bonchev–Trinajstić information content (AvgIpc) is 3.19. The maximum Gasteiger partial charge on any atom is 0.416 e. The molecule has 2 heterocycles. The molecule has 32 heavy (non-hydrogen) atoms. The molecule has 168 valence electrons. The van der Waals surface area contributed by atoms with E-state index in [-0.39, 0.29) is 30.9 Å². The molecule has 2 atom stereocenters. The third-order valence-corrected chi connectivity index (χ3v) is 5.97. The summed E-state index contributed by atoms with van der Waals surface area (Å²) in [6.45, 7) is 2.21. The Bertz CT molecular complexity index is 928. The lowest BCUT2D eigenvalue weighted by Gasteiger charge is -2.30. The van der Waals surface area contributed by atoms with Crippen LogP contribution in [0.5, 0.6) is 0 Å². The highest BCUT2D eigenvalue weighted by Crippen LogP contribution is 2.24. The van der Waals surface area contributed by atoms with Gasteiger partial charge in [0.05, 0.1) is 25.2 Å². The van der Waals surface area contributed by atoms with Crippen molar-refractivity contribution in [2.24, 2.45) is 5.92 Å². The van der Waals surface area contributed by atoms with Gasteiger partial charge in [0.1, 0.15) is 6.61 Å². The van der Waals surface area contributed by atoms with Gasteiger partial charge in [0, 0.05) is 19.5 Å². The van der Waals surface area contributed by atoms with E-state index in [1.165, 1.54) is 4.90 Å². The van der Waals surface area contributed by atoms with Gasteiger partial charge in [-0.05, 0) is 24.0 Å². The lowest BCUT2D eigenvalue weighted by atomic mass is 9.93. The highest BCUT2D eigenvalue weighted by molar-refractivity contribution is 5.96. The molecular formula is C25H28N2O5. The minimum absolute atomic E-state index is 0.0512. The standard InChI is InChI=1S/C25H28N2O5/c28-23(26-11-13-31-14-12-26)17-21(15-19-7-3-1-4-8-19)24(29)27-22(18-32-25(27)30)16-20-9-5-2-6-10-20/h1-10,21-22H,11-18H2. The Morgan fingerprint density at radius 3 is 2.22 bits per heavy atom. The summed E-state index contributed by atoms with van der Waals surface area (Å²) >= 11 is 0. The molecule has 4 rings (SSSR count). The van der Waals surface area contributed by atoms with Crippen molar-refractivity contribution in [3.63, 3.8) is 0 Å².